The average Bonchev–Trinajstić information content (AvgIpc) is 2.34. The van der Waals surface area contributed by atoms with Crippen molar-refractivity contribution in [2.24, 2.45) is 5.73 Å². The lowest BCUT2D eigenvalue weighted by Gasteiger charge is -2.33. The molecule has 98 valence electrons. The molecule has 0 amide bonds. The highest BCUT2D eigenvalue weighted by molar-refractivity contribution is 5.89. The van der Waals surface area contributed by atoms with E-state index in [9.17, 15) is 13.6 Å². The van der Waals surface area contributed by atoms with E-state index >= 15 is 0 Å². The van der Waals surface area contributed by atoms with Crippen LogP contribution in [0, 0.1) is 0 Å². The maximum absolute atomic E-state index is 13.4. The van der Waals surface area contributed by atoms with Gasteiger partial charge in [0.15, 0.2) is 0 Å². The van der Waals surface area contributed by atoms with Crippen LogP contribution in [0.15, 0.2) is 24.5 Å². The number of carbonyl (C=O) groups excluding carboxylic acids is 1. The van der Waals surface area contributed by atoms with E-state index < -0.39 is 30.5 Å². The highest BCUT2D eigenvalue weighted by atomic mass is 19.3. The maximum atomic E-state index is 13.4. The molecule has 0 bridgehead atoms. The lowest BCUT2D eigenvalue weighted by Crippen LogP contribution is -2.48. The quantitative estimate of drug-likeness (QED) is 0.819. The molecule has 0 radical (unpaired) electrons. The number of nitrogens with two attached hydrogens (primary N) is 1. The molecule has 1 aromatic rings. The zero-order chi connectivity index (χ0) is 13.2. The summed E-state index contributed by atoms with van der Waals surface area (Å²) in [5.41, 5.74) is 5.58. The molecule has 0 spiro atoms. The van der Waals surface area contributed by atoms with Crippen LogP contribution < -0.4 is 5.73 Å². The zero-order valence-corrected chi connectivity index (χ0v) is 9.68. The van der Waals surface area contributed by atoms with Crippen LogP contribution in [-0.2, 0) is 4.74 Å². The molecule has 1 aliphatic carbocycles. The van der Waals surface area contributed by atoms with Crippen molar-refractivity contribution < 1.29 is 18.3 Å². The Kier molecular flexibility index (Phi) is 3.56. The number of rotatable bonds is 2. The van der Waals surface area contributed by atoms with Gasteiger partial charge in [0.25, 0.3) is 5.92 Å². The lowest BCUT2D eigenvalue weighted by molar-refractivity contribution is -0.0948. The Morgan fingerprint density at radius 3 is 2.89 bits per heavy atom. The van der Waals surface area contributed by atoms with Crippen molar-refractivity contribution in [3.8, 4) is 0 Å². The number of ether oxygens (including phenoxy) is 1. The van der Waals surface area contributed by atoms with Gasteiger partial charge in [0, 0.05) is 18.8 Å². The molecule has 18 heavy (non-hydrogen) atoms. The molecule has 2 atom stereocenters. The molecule has 0 saturated heterocycles. The number of alkyl halides is 2. The van der Waals surface area contributed by atoms with Gasteiger partial charge in [-0.15, -0.1) is 0 Å². The summed E-state index contributed by atoms with van der Waals surface area (Å²) < 4.78 is 31.8. The van der Waals surface area contributed by atoms with E-state index in [0.717, 1.165) is 0 Å². The van der Waals surface area contributed by atoms with E-state index in [1.54, 1.807) is 6.07 Å². The Labute approximate surface area is 103 Å². The van der Waals surface area contributed by atoms with Crippen LogP contribution in [0.25, 0.3) is 0 Å². The summed E-state index contributed by atoms with van der Waals surface area (Å²) in [5.74, 6) is -3.60. The minimum Gasteiger partial charge on any atom is -0.459 e. The third kappa shape index (κ3) is 2.81. The number of carbonyl (C=O) groups is 1. The monoisotopic (exact) mass is 256 g/mol. The first-order valence-corrected chi connectivity index (χ1v) is 5.73. The molecular weight excluding hydrogens is 242 g/mol. The summed E-state index contributed by atoms with van der Waals surface area (Å²) in [6.07, 6.45) is 2.08. The number of aromatic nitrogens is 1. The second-order valence-electron chi connectivity index (χ2n) is 4.42. The number of halogens is 2. The predicted molar refractivity (Wildman–Crippen MR) is 60.2 cm³/mol. The minimum absolute atomic E-state index is 0.151. The first kappa shape index (κ1) is 12.9. The van der Waals surface area contributed by atoms with Crippen LogP contribution in [-0.4, -0.2) is 29.0 Å². The molecular formula is C12H14F2N2O2. The van der Waals surface area contributed by atoms with E-state index in [2.05, 4.69) is 4.98 Å². The molecule has 1 saturated carbocycles. The second-order valence-corrected chi connectivity index (χ2v) is 4.42. The number of hydrogen-bond acceptors (Lipinski definition) is 4. The fourth-order valence-electron chi connectivity index (χ4n) is 1.94. The number of pyridine rings is 1. The molecule has 1 fully saturated rings. The van der Waals surface area contributed by atoms with Crippen molar-refractivity contribution in [3.05, 3.63) is 30.1 Å². The van der Waals surface area contributed by atoms with Crippen molar-refractivity contribution in [2.45, 2.75) is 37.3 Å². The van der Waals surface area contributed by atoms with Crippen LogP contribution in [0.1, 0.15) is 29.6 Å². The van der Waals surface area contributed by atoms with E-state index in [0.29, 0.717) is 6.42 Å². The topological polar surface area (TPSA) is 65.2 Å². The summed E-state index contributed by atoms with van der Waals surface area (Å²) in [5, 5.41) is 0. The fraction of sp³-hybridized carbons (Fsp3) is 0.500. The highest BCUT2D eigenvalue weighted by Gasteiger charge is 2.44. The van der Waals surface area contributed by atoms with E-state index in [1.807, 2.05) is 0 Å². The average molecular weight is 256 g/mol. The van der Waals surface area contributed by atoms with E-state index in [1.165, 1.54) is 18.5 Å². The third-order valence-corrected chi connectivity index (χ3v) is 3.01. The maximum Gasteiger partial charge on any atom is 0.339 e. The van der Waals surface area contributed by atoms with E-state index in [4.69, 9.17) is 10.5 Å². The van der Waals surface area contributed by atoms with Gasteiger partial charge in [0.1, 0.15) is 6.10 Å². The Morgan fingerprint density at radius 1 is 1.50 bits per heavy atom. The summed E-state index contributed by atoms with van der Waals surface area (Å²) in [4.78, 5) is 15.4. The summed E-state index contributed by atoms with van der Waals surface area (Å²) in [7, 11) is 0. The van der Waals surface area contributed by atoms with Gasteiger partial charge in [-0.25, -0.2) is 13.6 Å². The largest absolute Gasteiger partial charge is 0.459 e. The van der Waals surface area contributed by atoms with Crippen LogP contribution >= 0.6 is 0 Å². The molecule has 1 aromatic heterocycles. The van der Waals surface area contributed by atoms with Crippen molar-refractivity contribution >= 4 is 5.97 Å². The standard InChI is InChI=1S/C12H14F2N2O2/c13-12(14)6-9(3-4-10(12)15)18-11(17)8-2-1-5-16-7-8/h1-2,5,7,9-10H,3-4,6,15H2. The molecule has 6 heteroatoms. The number of hydrogen-bond donors (Lipinski definition) is 1. The van der Waals surface area contributed by atoms with E-state index in [-0.39, 0.29) is 12.0 Å². The number of esters is 1. The van der Waals surface area contributed by atoms with Crippen molar-refractivity contribution in [1.29, 1.82) is 0 Å². The van der Waals surface area contributed by atoms with Crippen LogP contribution in [0.5, 0.6) is 0 Å². The Hall–Kier alpha value is -1.56. The third-order valence-electron chi connectivity index (χ3n) is 3.01. The molecule has 2 rings (SSSR count). The molecule has 0 aromatic carbocycles. The van der Waals surface area contributed by atoms with Gasteiger partial charge >= 0.3 is 5.97 Å². The van der Waals surface area contributed by atoms with Crippen LogP contribution in [0.4, 0.5) is 8.78 Å². The zero-order valence-electron chi connectivity index (χ0n) is 9.68. The lowest BCUT2D eigenvalue weighted by atomic mass is 9.90. The van der Waals surface area contributed by atoms with Crippen molar-refractivity contribution in [1.82, 2.24) is 4.98 Å². The van der Waals surface area contributed by atoms with Crippen molar-refractivity contribution in [2.75, 3.05) is 0 Å². The number of nitrogens with zero attached hydrogens (tertiary/aromatic N) is 1. The van der Waals surface area contributed by atoms with Gasteiger partial charge in [-0.2, -0.15) is 0 Å². The predicted octanol–water partition coefficient (Wildman–Crippen LogP) is 1.75. The summed E-state index contributed by atoms with van der Waals surface area (Å²) in [6, 6.07) is 1.97. The second kappa shape index (κ2) is 4.97. The molecule has 2 unspecified atom stereocenters. The molecule has 0 aliphatic heterocycles. The van der Waals surface area contributed by atoms with Gasteiger partial charge in [-0.1, -0.05) is 0 Å². The van der Waals surface area contributed by atoms with Crippen LogP contribution in [0.3, 0.4) is 0 Å². The molecule has 4 nitrogen and oxygen atoms in total. The Bertz CT molecular complexity index is 425. The summed E-state index contributed by atoms with van der Waals surface area (Å²) >= 11 is 0. The summed E-state index contributed by atoms with van der Waals surface area (Å²) in [6.45, 7) is 0. The van der Waals surface area contributed by atoms with Gasteiger partial charge in [-0.3, -0.25) is 4.98 Å². The smallest absolute Gasteiger partial charge is 0.339 e. The van der Waals surface area contributed by atoms with Crippen molar-refractivity contribution in [3.63, 3.8) is 0 Å². The van der Waals surface area contributed by atoms with Crippen LogP contribution in [0.2, 0.25) is 0 Å². The van der Waals surface area contributed by atoms with Gasteiger partial charge in [0.05, 0.1) is 11.6 Å². The molecule has 1 aliphatic rings. The highest BCUT2D eigenvalue weighted by Crippen LogP contribution is 2.34. The molecule has 1 heterocycles. The Balaban J connectivity index is 1.97. The Morgan fingerprint density at radius 2 is 2.28 bits per heavy atom. The van der Waals surface area contributed by atoms with Gasteiger partial charge in [-0.05, 0) is 25.0 Å². The van der Waals surface area contributed by atoms with Gasteiger partial charge in [0.2, 0.25) is 0 Å². The fourth-order valence-corrected chi connectivity index (χ4v) is 1.94. The molecule has 2 N–H and O–H groups in total. The van der Waals surface area contributed by atoms with Gasteiger partial charge < -0.3 is 10.5 Å². The SMILES string of the molecule is NC1CCC(OC(=O)c2cccnc2)CC1(F)F. The normalized spacial score (nSPS) is 26.6. The first-order valence-electron chi connectivity index (χ1n) is 5.73. The first-order chi connectivity index (χ1) is 8.49. The minimum atomic E-state index is -2.97.